The first-order valence-corrected chi connectivity index (χ1v) is 12.0. The number of aryl methyl sites for hydroxylation is 2. The summed E-state index contributed by atoms with van der Waals surface area (Å²) in [6.07, 6.45) is 3.18. The lowest BCUT2D eigenvalue weighted by molar-refractivity contribution is -0.686. The lowest BCUT2D eigenvalue weighted by Gasteiger charge is -2.21. The third-order valence-corrected chi connectivity index (χ3v) is 6.91. The number of hydrogen-bond acceptors (Lipinski definition) is 5. The van der Waals surface area contributed by atoms with Gasteiger partial charge in [-0.1, -0.05) is 30.3 Å². The van der Waals surface area contributed by atoms with E-state index in [-0.39, 0.29) is 43.1 Å². The van der Waals surface area contributed by atoms with Gasteiger partial charge in [0, 0.05) is 23.9 Å². The molecule has 8 heteroatoms. The minimum Gasteiger partial charge on any atom is -1.00 e. The van der Waals surface area contributed by atoms with E-state index in [0.717, 1.165) is 57.6 Å². The molecule has 0 bridgehead atoms. The molecule has 3 aromatic carbocycles. The van der Waals surface area contributed by atoms with Gasteiger partial charge >= 0.3 is 0 Å². The highest BCUT2D eigenvalue weighted by Gasteiger charge is 2.33. The van der Waals surface area contributed by atoms with Crippen LogP contribution in [-0.4, -0.2) is 26.9 Å². The average Bonchev–Trinajstić information content (AvgIpc) is 3.37. The lowest BCUT2D eigenvalue weighted by atomic mass is 9.89. The number of halogens is 1. The molecule has 0 radical (unpaired) electrons. The number of nitrogens with zero attached hydrogens (tertiary/aromatic N) is 1. The van der Waals surface area contributed by atoms with E-state index in [9.17, 15) is 4.79 Å². The molecule has 1 aromatic heterocycles. The van der Waals surface area contributed by atoms with Gasteiger partial charge in [0.25, 0.3) is 0 Å². The Balaban J connectivity index is 0.00000280. The second kappa shape index (κ2) is 10.5. The molecule has 0 spiro atoms. The number of aromatic nitrogens is 1. The van der Waals surface area contributed by atoms with Crippen molar-refractivity contribution in [1.82, 2.24) is 5.32 Å². The summed E-state index contributed by atoms with van der Waals surface area (Å²) in [4.78, 5) is 13.3. The zero-order valence-electron chi connectivity index (χ0n) is 20.7. The first-order valence-electron chi connectivity index (χ1n) is 12.0. The molecule has 190 valence electrons. The molecule has 6 rings (SSSR count). The summed E-state index contributed by atoms with van der Waals surface area (Å²) in [6, 6.07) is 17.9. The highest BCUT2D eigenvalue weighted by atomic mass is 127. The summed E-state index contributed by atoms with van der Waals surface area (Å²) in [5.41, 5.74) is 5.27. The number of ether oxygens (including phenoxy) is 4. The lowest BCUT2D eigenvalue weighted by Crippen LogP contribution is -3.00. The van der Waals surface area contributed by atoms with Crippen molar-refractivity contribution >= 4 is 16.7 Å². The van der Waals surface area contributed by atoms with Crippen LogP contribution in [0.3, 0.4) is 0 Å². The molecule has 0 saturated heterocycles. The minimum atomic E-state index is -0.0446. The zero-order chi connectivity index (χ0) is 24.6. The van der Waals surface area contributed by atoms with Crippen LogP contribution in [0, 0.1) is 0 Å². The van der Waals surface area contributed by atoms with Crippen LogP contribution in [0.15, 0.2) is 60.8 Å². The Bertz CT molecular complexity index is 1490. The highest BCUT2D eigenvalue weighted by molar-refractivity contribution is 5.97. The number of nitrogens with one attached hydrogen (secondary N) is 1. The molecule has 2 aliphatic rings. The largest absolute Gasteiger partial charge is 1.00 e. The summed E-state index contributed by atoms with van der Waals surface area (Å²) in [5, 5.41) is 4.96. The predicted octanol–water partition coefficient (Wildman–Crippen LogP) is 0.959. The molecule has 4 aromatic rings. The summed E-state index contributed by atoms with van der Waals surface area (Å²) >= 11 is 0. The van der Waals surface area contributed by atoms with Crippen LogP contribution in [0.4, 0.5) is 0 Å². The topological polar surface area (TPSA) is 69.9 Å². The summed E-state index contributed by atoms with van der Waals surface area (Å²) in [6.45, 7) is 1.48. The maximum Gasteiger partial charge on any atom is 0.231 e. The van der Waals surface area contributed by atoms with Crippen LogP contribution in [0.25, 0.3) is 22.0 Å². The van der Waals surface area contributed by atoms with Crippen molar-refractivity contribution in [3.8, 4) is 34.3 Å². The number of fused-ring (bicyclic) bond motifs is 5. The Hall–Kier alpha value is -3.53. The number of hydrogen-bond donors (Lipinski definition) is 1. The number of carbonyl (C=O) groups is 1. The third kappa shape index (κ3) is 4.54. The van der Waals surface area contributed by atoms with E-state index >= 15 is 0 Å². The van der Waals surface area contributed by atoms with Crippen LogP contribution < -0.4 is 52.8 Å². The Labute approximate surface area is 232 Å². The number of pyridine rings is 1. The van der Waals surface area contributed by atoms with Gasteiger partial charge in [-0.2, -0.15) is 4.57 Å². The Morgan fingerprint density at radius 2 is 1.78 bits per heavy atom. The van der Waals surface area contributed by atoms with E-state index in [1.54, 1.807) is 14.2 Å². The molecule has 0 aliphatic carbocycles. The Morgan fingerprint density at radius 3 is 2.54 bits per heavy atom. The van der Waals surface area contributed by atoms with Crippen LogP contribution in [0.2, 0.25) is 0 Å². The fourth-order valence-electron chi connectivity index (χ4n) is 5.21. The summed E-state index contributed by atoms with van der Waals surface area (Å²) in [5.74, 6) is 2.78. The molecule has 7 nitrogen and oxygen atoms in total. The molecule has 37 heavy (non-hydrogen) atoms. The maximum absolute atomic E-state index is 13.3. The van der Waals surface area contributed by atoms with Crippen LogP contribution in [0.5, 0.6) is 23.0 Å². The van der Waals surface area contributed by atoms with Gasteiger partial charge in [-0.25, -0.2) is 0 Å². The molecule has 0 saturated carbocycles. The second-order valence-electron chi connectivity index (χ2n) is 8.96. The van der Waals surface area contributed by atoms with Gasteiger partial charge < -0.3 is 48.2 Å². The smallest absolute Gasteiger partial charge is 0.231 e. The Morgan fingerprint density at radius 1 is 1.00 bits per heavy atom. The van der Waals surface area contributed by atoms with Gasteiger partial charge in [0.15, 0.2) is 35.7 Å². The van der Waals surface area contributed by atoms with E-state index in [1.165, 1.54) is 5.56 Å². The minimum absolute atomic E-state index is 0. The normalized spacial score (nSPS) is 12.8. The van der Waals surface area contributed by atoms with Gasteiger partial charge in [-0.3, -0.25) is 4.79 Å². The number of methoxy groups -OCH3 is 2. The van der Waals surface area contributed by atoms with Gasteiger partial charge in [0.1, 0.15) is 0 Å². The van der Waals surface area contributed by atoms with Crippen molar-refractivity contribution in [2.45, 2.75) is 25.9 Å². The number of amides is 1. The first kappa shape index (κ1) is 25.1. The average molecular weight is 610 g/mol. The number of carbonyl (C=O) groups excluding carboxylic acids is 1. The van der Waals surface area contributed by atoms with E-state index < -0.39 is 0 Å². The summed E-state index contributed by atoms with van der Waals surface area (Å²) in [7, 11) is 3.27. The van der Waals surface area contributed by atoms with Gasteiger partial charge in [0.2, 0.25) is 18.4 Å². The standard InChI is InChI=1S/C29H26N2O5.HI/c1-33-24-9-8-20-22(14-27(32)30-15-18-6-4-3-5-7-18)28-21-13-26-25(35-17-36-26)12-19(21)10-11-31(28)16-23(20)29(24)34-2;/h3-9,12-13,16H,10-11,14-15,17H2,1-2H3;1H. The molecular formula is C29H27IN2O5. The molecule has 1 amide bonds. The molecule has 0 fully saturated rings. The van der Waals surface area contributed by atoms with E-state index in [4.69, 9.17) is 18.9 Å². The number of benzene rings is 3. The highest BCUT2D eigenvalue weighted by Crippen LogP contribution is 2.43. The third-order valence-electron chi connectivity index (χ3n) is 6.91. The van der Waals surface area contributed by atoms with Gasteiger partial charge in [-0.15, -0.1) is 0 Å². The summed E-state index contributed by atoms with van der Waals surface area (Å²) < 4.78 is 24.9. The maximum atomic E-state index is 13.3. The molecule has 2 aliphatic heterocycles. The first-order chi connectivity index (χ1) is 17.7. The van der Waals surface area contributed by atoms with Crippen molar-refractivity contribution in [2.75, 3.05) is 21.0 Å². The van der Waals surface area contributed by atoms with Crippen LogP contribution in [-0.2, 0) is 30.7 Å². The van der Waals surface area contributed by atoms with Crippen LogP contribution >= 0.6 is 0 Å². The van der Waals surface area contributed by atoms with Crippen molar-refractivity contribution < 1.29 is 52.3 Å². The molecule has 1 N–H and O–H groups in total. The van der Waals surface area contributed by atoms with Crippen molar-refractivity contribution in [3.63, 3.8) is 0 Å². The van der Waals surface area contributed by atoms with E-state index in [1.807, 2.05) is 48.5 Å². The monoisotopic (exact) mass is 610 g/mol. The van der Waals surface area contributed by atoms with Crippen molar-refractivity contribution in [1.29, 1.82) is 0 Å². The van der Waals surface area contributed by atoms with Crippen molar-refractivity contribution in [3.05, 3.63) is 77.5 Å². The molecular weight excluding hydrogens is 583 g/mol. The second-order valence-corrected chi connectivity index (χ2v) is 8.96. The van der Waals surface area contributed by atoms with E-state index in [2.05, 4.69) is 22.1 Å². The fraction of sp³-hybridized carbons (Fsp3) is 0.241. The SMILES string of the molecule is COc1ccc2c(CC(=O)NCc3ccccc3)c3[n+](cc2c1OC)CCc1cc2c(cc1-3)OCO2.[I-]. The van der Waals surface area contributed by atoms with Crippen LogP contribution in [0.1, 0.15) is 16.7 Å². The van der Waals surface area contributed by atoms with Crippen molar-refractivity contribution in [2.24, 2.45) is 0 Å². The Kier molecular flexibility index (Phi) is 7.10. The van der Waals surface area contributed by atoms with E-state index in [0.29, 0.717) is 18.0 Å². The quantitative estimate of drug-likeness (QED) is 0.261. The number of rotatable bonds is 6. The predicted molar refractivity (Wildman–Crippen MR) is 135 cm³/mol. The molecule has 3 heterocycles. The zero-order valence-corrected chi connectivity index (χ0v) is 22.8. The van der Waals surface area contributed by atoms with Gasteiger partial charge in [0.05, 0.1) is 31.6 Å². The molecule has 0 atom stereocenters. The molecule has 0 unspecified atom stereocenters. The fourth-order valence-corrected chi connectivity index (χ4v) is 5.21. The van der Waals surface area contributed by atoms with Gasteiger partial charge in [-0.05, 0) is 35.4 Å².